The predicted octanol–water partition coefficient (Wildman–Crippen LogP) is 3.43. The van der Waals surface area contributed by atoms with Crippen LogP contribution >= 0.6 is 0 Å². The predicted molar refractivity (Wildman–Crippen MR) is 76.3 cm³/mol. The summed E-state index contributed by atoms with van der Waals surface area (Å²) < 4.78 is 4.94. The third-order valence-corrected chi connectivity index (χ3v) is 2.96. The number of ether oxygens (including phenoxy) is 1. The van der Waals surface area contributed by atoms with Crippen molar-refractivity contribution in [1.29, 1.82) is 0 Å². The first-order valence-corrected chi connectivity index (χ1v) is 6.82. The third-order valence-electron chi connectivity index (χ3n) is 2.96. The minimum Gasteiger partial charge on any atom is -0.508 e. The van der Waals surface area contributed by atoms with Crippen molar-refractivity contribution in [3.63, 3.8) is 0 Å². The summed E-state index contributed by atoms with van der Waals surface area (Å²) in [5, 5.41) is 9.10. The lowest BCUT2D eigenvalue weighted by Crippen LogP contribution is -2.17. The van der Waals surface area contributed by atoms with Gasteiger partial charge in [0.15, 0.2) is 0 Å². The summed E-state index contributed by atoms with van der Waals surface area (Å²) in [5.74, 6) is 0.327. The van der Waals surface area contributed by atoms with Crippen LogP contribution < -0.4 is 4.90 Å². The van der Waals surface area contributed by atoms with Gasteiger partial charge in [-0.05, 0) is 43.5 Å². The summed E-state index contributed by atoms with van der Waals surface area (Å²) in [6, 6.07) is 7.31. The van der Waals surface area contributed by atoms with Crippen LogP contribution in [0, 0.1) is 0 Å². The lowest BCUT2D eigenvalue weighted by atomic mass is 10.2. The Morgan fingerprint density at radius 2 is 1.78 bits per heavy atom. The number of benzene rings is 1. The van der Waals surface area contributed by atoms with E-state index in [0.29, 0.717) is 5.75 Å². The number of rotatable bonds is 4. The third kappa shape index (κ3) is 5.92. The fraction of sp³-hybridized carbons (Fsp3) is 0.600. The van der Waals surface area contributed by atoms with Crippen LogP contribution in [-0.4, -0.2) is 31.9 Å². The number of nitrogens with zero attached hydrogens (tertiary/aromatic N) is 1. The van der Waals surface area contributed by atoms with Crippen LogP contribution in [0.15, 0.2) is 24.3 Å². The summed E-state index contributed by atoms with van der Waals surface area (Å²) in [5.41, 5.74) is 1.16. The highest BCUT2D eigenvalue weighted by molar-refractivity contribution is 5.47. The molecule has 102 valence electrons. The summed E-state index contributed by atoms with van der Waals surface area (Å²) in [6.07, 6.45) is 4.97. The number of aromatic hydroxyl groups is 1. The lowest BCUT2D eigenvalue weighted by Gasteiger charge is -2.18. The topological polar surface area (TPSA) is 32.7 Å². The quantitative estimate of drug-likeness (QED) is 0.890. The minimum absolute atomic E-state index is 0.327. The van der Waals surface area contributed by atoms with Crippen molar-refractivity contribution < 1.29 is 9.84 Å². The van der Waals surface area contributed by atoms with Crippen molar-refractivity contribution in [2.24, 2.45) is 0 Å². The van der Waals surface area contributed by atoms with Gasteiger partial charge in [0.05, 0.1) is 0 Å². The zero-order valence-corrected chi connectivity index (χ0v) is 11.6. The molecule has 1 saturated heterocycles. The van der Waals surface area contributed by atoms with E-state index < -0.39 is 0 Å². The molecular weight excluding hydrogens is 226 g/mol. The highest BCUT2D eigenvalue weighted by Gasteiger charge is 1.98. The van der Waals surface area contributed by atoms with Gasteiger partial charge in [0.25, 0.3) is 0 Å². The van der Waals surface area contributed by atoms with E-state index in [9.17, 15) is 0 Å². The van der Waals surface area contributed by atoms with Gasteiger partial charge < -0.3 is 14.7 Å². The van der Waals surface area contributed by atoms with Crippen molar-refractivity contribution >= 4 is 5.69 Å². The Morgan fingerprint density at radius 1 is 1.17 bits per heavy atom. The van der Waals surface area contributed by atoms with Gasteiger partial charge in [-0.15, -0.1) is 0 Å². The van der Waals surface area contributed by atoms with E-state index in [4.69, 9.17) is 9.84 Å². The van der Waals surface area contributed by atoms with Crippen LogP contribution in [0.1, 0.15) is 32.6 Å². The molecule has 0 aliphatic carbocycles. The molecular formula is C15H25NO2. The van der Waals surface area contributed by atoms with Gasteiger partial charge in [0.1, 0.15) is 5.75 Å². The van der Waals surface area contributed by atoms with Gasteiger partial charge in [-0.1, -0.05) is 13.3 Å². The highest BCUT2D eigenvalue weighted by atomic mass is 16.5. The average Bonchev–Trinajstić information content (AvgIpc) is 2.96. The normalized spacial score (nSPS) is 13.9. The van der Waals surface area contributed by atoms with Crippen molar-refractivity contribution in [3.05, 3.63) is 24.3 Å². The first-order valence-electron chi connectivity index (χ1n) is 6.82. The van der Waals surface area contributed by atoms with Crippen LogP contribution in [-0.2, 0) is 4.74 Å². The number of hydrogen-bond donors (Lipinski definition) is 1. The maximum atomic E-state index is 9.10. The molecule has 0 bridgehead atoms. The van der Waals surface area contributed by atoms with Gasteiger partial charge in [0, 0.05) is 32.5 Å². The molecule has 1 aliphatic rings. The molecule has 0 saturated carbocycles. The second-order valence-electron chi connectivity index (χ2n) is 4.61. The zero-order valence-electron chi connectivity index (χ0n) is 11.6. The van der Waals surface area contributed by atoms with E-state index in [2.05, 4.69) is 18.9 Å². The number of anilines is 1. The first-order chi connectivity index (χ1) is 8.74. The van der Waals surface area contributed by atoms with Crippen molar-refractivity contribution in [3.8, 4) is 5.75 Å². The van der Waals surface area contributed by atoms with Crippen LogP contribution in [0.5, 0.6) is 5.75 Å². The van der Waals surface area contributed by atoms with Crippen LogP contribution in [0.2, 0.25) is 0 Å². The molecule has 3 nitrogen and oxygen atoms in total. The first kappa shape index (κ1) is 14.8. The Bertz CT molecular complexity index is 299. The van der Waals surface area contributed by atoms with Crippen molar-refractivity contribution in [1.82, 2.24) is 0 Å². The molecule has 0 amide bonds. The van der Waals surface area contributed by atoms with Gasteiger partial charge in [-0.2, -0.15) is 0 Å². The van der Waals surface area contributed by atoms with E-state index in [-0.39, 0.29) is 0 Å². The van der Waals surface area contributed by atoms with Crippen LogP contribution in [0.25, 0.3) is 0 Å². The molecule has 1 heterocycles. The average molecular weight is 251 g/mol. The van der Waals surface area contributed by atoms with Crippen LogP contribution in [0.4, 0.5) is 5.69 Å². The summed E-state index contributed by atoms with van der Waals surface area (Å²) in [7, 11) is 2.07. The Balaban J connectivity index is 0.000000269. The summed E-state index contributed by atoms with van der Waals surface area (Å²) in [4.78, 5) is 2.20. The molecule has 1 aliphatic heterocycles. The second kappa shape index (κ2) is 8.81. The van der Waals surface area contributed by atoms with Crippen molar-refractivity contribution in [2.45, 2.75) is 32.6 Å². The van der Waals surface area contributed by atoms with E-state index in [1.54, 1.807) is 12.1 Å². The number of unbranched alkanes of at least 4 members (excludes halogenated alkanes) is 1. The Hall–Kier alpha value is -1.22. The van der Waals surface area contributed by atoms with E-state index in [1.165, 1.54) is 25.7 Å². The SMILES string of the molecule is C1CCOC1.CCCCN(C)c1ccc(O)cc1. The smallest absolute Gasteiger partial charge is 0.115 e. The molecule has 1 aromatic rings. The number of phenols is 1. The molecule has 1 N–H and O–H groups in total. The molecule has 0 radical (unpaired) electrons. The Morgan fingerprint density at radius 3 is 2.22 bits per heavy atom. The standard InChI is InChI=1S/C11H17NO.C4H8O/c1-3-4-9-12(2)10-5-7-11(13)8-6-10;1-2-4-5-3-1/h5-8,13H,3-4,9H2,1-2H3;1-4H2. The fourth-order valence-electron chi connectivity index (χ4n) is 1.74. The molecule has 1 fully saturated rings. The molecule has 18 heavy (non-hydrogen) atoms. The molecule has 0 aromatic heterocycles. The van der Waals surface area contributed by atoms with Gasteiger partial charge in [-0.25, -0.2) is 0 Å². The maximum absolute atomic E-state index is 9.10. The molecule has 0 spiro atoms. The van der Waals surface area contributed by atoms with Gasteiger partial charge >= 0.3 is 0 Å². The van der Waals surface area contributed by atoms with Crippen LogP contribution in [0.3, 0.4) is 0 Å². The monoisotopic (exact) mass is 251 g/mol. The molecule has 3 heteroatoms. The number of hydrogen-bond acceptors (Lipinski definition) is 3. The fourth-order valence-corrected chi connectivity index (χ4v) is 1.74. The zero-order chi connectivity index (χ0) is 13.2. The Kier molecular flexibility index (Phi) is 7.26. The second-order valence-corrected chi connectivity index (χ2v) is 4.61. The van der Waals surface area contributed by atoms with E-state index >= 15 is 0 Å². The lowest BCUT2D eigenvalue weighted by molar-refractivity contribution is 0.198. The maximum Gasteiger partial charge on any atom is 0.115 e. The minimum atomic E-state index is 0.327. The highest BCUT2D eigenvalue weighted by Crippen LogP contribution is 2.17. The van der Waals surface area contributed by atoms with E-state index in [0.717, 1.165) is 25.4 Å². The van der Waals surface area contributed by atoms with Gasteiger partial charge in [0.2, 0.25) is 0 Å². The van der Waals surface area contributed by atoms with E-state index in [1.807, 2.05) is 12.1 Å². The van der Waals surface area contributed by atoms with Crippen molar-refractivity contribution in [2.75, 3.05) is 31.7 Å². The molecule has 2 rings (SSSR count). The summed E-state index contributed by atoms with van der Waals surface area (Å²) in [6.45, 7) is 5.26. The Labute approximate surface area is 110 Å². The molecule has 0 atom stereocenters. The number of phenolic OH excluding ortho intramolecular Hbond substituents is 1. The molecule has 0 unspecified atom stereocenters. The molecule has 1 aromatic carbocycles. The van der Waals surface area contributed by atoms with Gasteiger partial charge in [-0.3, -0.25) is 0 Å². The largest absolute Gasteiger partial charge is 0.508 e. The summed E-state index contributed by atoms with van der Waals surface area (Å²) >= 11 is 0.